The summed E-state index contributed by atoms with van der Waals surface area (Å²) in [5.74, 6) is -1.88. The van der Waals surface area contributed by atoms with Crippen LogP contribution in [0.25, 0.3) is 5.76 Å². The van der Waals surface area contributed by atoms with E-state index < -0.39 is 17.7 Å². The predicted molar refractivity (Wildman–Crippen MR) is 125 cm³/mol. The van der Waals surface area contributed by atoms with Gasteiger partial charge in [-0.15, -0.1) is 0 Å². The number of Topliss-reactive ketones (excluding diaryl/α,β-unsaturated/α-hetero) is 1. The van der Waals surface area contributed by atoms with Gasteiger partial charge in [-0.25, -0.2) is 0 Å². The van der Waals surface area contributed by atoms with E-state index in [0.717, 1.165) is 11.1 Å². The second-order valence-corrected chi connectivity index (χ2v) is 8.56. The Labute approximate surface area is 195 Å². The first-order chi connectivity index (χ1) is 15.2. The van der Waals surface area contributed by atoms with Gasteiger partial charge in [0.1, 0.15) is 11.5 Å². The van der Waals surface area contributed by atoms with Gasteiger partial charge in [0, 0.05) is 21.3 Å². The fraction of sp³-hybridized carbons (Fsp3) is 0.120. The highest BCUT2D eigenvalue weighted by atomic mass is 35.5. The predicted octanol–water partition coefficient (Wildman–Crippen LogP) is 5.94. The quantitative estimate of drug-likeness (QED) is 0.283. The zero-order chi connectivity index (χ0) is 23.2. The van der Waals surface area contributed by atoms with Crippen molar-refractivity contribution in [1.29, 1.82) is 0 Å². The molecule has 1 heterocycles. The normalized spacial score (nSPS) is 17.8. The van der Waals surface area contributed by atoms with Crippen LogP contribution in [0.3, 0.4) is 0 Å². The lowest BCUT2D eigenvalue weighted by Crippen LogP contribution is -2.29. The number of amides is 1. The SMILES string of the molecule is Cc1ccc(/C(O)=C2\C(=O)C(=O)N(c3cc(Cl)cc(Cl)c3)C2c2ccc(O)cc2)cc1C. The fourth-order valence-corrected chi connectivity index (χ4v) is 4.31. The lowest BCUT2D eigenvalue weighted by Gasteiger charge is -2.26. The minimum absolute atomic E-state index is 0.0330. The Kier molecular flexibility index (Phi) is 5.71. The number of nitrogens with zero attached hydrogens (tertiary/aromatic N) is 1. The van der Waals surface area contributed by atoms with E-state index in [4.69, 9.17) is 23.2 Å². The third kappa shape index (κ3) is 3.85. The monoisotopic (exact) mass is 467 g/mol. The summed E-state index contributed by atoms with van der Waals surface area (Å²) in [7, 11) is 0. The van der Waals surface area contributed by atoms with Gasteiger partial charge in [0.15, 0.2) is 0 Å². The number of anilines is 1. The summed E-state index contributed by atoms with van der Waals surface area (Å²) in [6.07, 6.45) is 0. The lowest BCUT2D eigenvalue weighted by atomic mass is 9.94. The zero-order valence-electron chi connectivity index (χ0n) is 17.3. The molecule has 1 unspecified atom stereocenters. The van der Waals surface area contributed by atoms with Gasteiger partial charge < -0.3 is 10.2 Å². The highest BCUT2D eigenvalue weighted by Crippen LogP contribution is 2.43. The highest BCUT2D eigenvalue weighted by Gasteiger charge is 2.47. The molecule has 1 aliphatic rings. The van der Waals surface area contributed by atoms with Crippen LogP contribution >= 0.6 is 23.2 Å². The van der Waals surface area contributed by atoms with Crippen molar-refractivity contribution in [2.24, 2.45) is 0 Å². The smallest absolute Gasteiger partial charge is 0.300 e. The van der Waals surface area contributed by atoms with Crippen molar-refractivity contribution in [2.75, 3.05) is 4.90 Å². The molecule has 32 heavy (non-hydrogen) atoms. The van der Waals surface area contributed by atoms with Gasteiger partial charge >= 0.3 is 0 Å². The molecular formula is C25H19Cl2NO4. The maximum atomic E-state index is 13.2. The molecule has 162 valence electrons. The average Bonchev–Trinajstić information content (AvgIpc) is 3.00. The van der Waals surface area contributed by atoms with Gasteiger partial charge in [0.25, 0.3) is 11.7 Å². The summed E-state index contributed by atoms with van der Waals surface area (Å²) in [5.41, 5.74) is 3.20. The number of phenols is 1. The van der Waals surface area contributed by atoms with Gasteiger partial charge in [-0.2, -0.15) is 0 Å². The molecule has 1 aliphatic heterocycles. The van der Waals surface area contributed by atoms with Crippen molar-refractivity contribution in [1.82, 2.24) is 0 Å². The Morgan fingerprint density at radius 1 is 0.875 bits per heavy atom. The number of benzene rings is 3. The maximum Gasteiger partial charge on any atom is 0.300 e. The Bertz CT molecular complexity index is 1260. The molecule has 0 bridgehead atoms. The Morgan fingerprint density at radius 2 is 1.50 bits per heavy atom. The van der Waals surface area contributed by atoms with Gasteiger partial charge in [-0.1, -0.05) is 47.5 Å². The summed E-state index contributed by atoms with van der Waals surface area (Å²) in [6, 6.07) is 15.1. The van der Waals surface area contributed by atoms with E-state index in [9.17, 15) is 19.8 Å². The Hall–Kier alpha value is -3.28. The van der Waals surface area contributed by atoms with Crippen molar-refractivity contribution < 1.29 is 19.8 Å². The number of rotatable bonds is 3. The van der Waals surface area contributed by atoms with E-state index in [2.05, 4.69) is 0 Å². The number of ketones is 1. The van der Waals surface area contributed by atoms with E-state index in [0.29, 0.717) is 26.9 Å². The van der Waals surface area contributed by atoms with Crippen molar-refractivity contribution in [3.63, 3.8) is 0 Å². The summed E-state index contributed by atoms with van der Waals surface area (Å²) < 4.78 is 0. The number of aromatic hydroxyl groups is 1. The lowest BCUT2D eigenvalue weighted by molar-refractivity contribution is -0.132. The van der Waals surface area contributed by atoms with E-state index in [1.54, 1.807) is 24.3 Å². The standard InChI is InChI=1S/C25H19Cl2NO4/c1-13-3-4-16(9-14(13)2)23(30)21-22(15-5-7-20(29)8-6-15)28(25(32)24(21)31)19-11-17(26)10-18(27)12-19/h3-12,22,29-30H,1-2H3/b23-21+. The first-order valence-electron chi connectivity index (χ1n) is 9.81. The van der Waals surface area contributed by atoms with Crippen LogP contribution in [-0.4, -0.2) is 21.9 Å². The maximum absolute atomic E-state index is 13.2. The minimum atomic E-state index is -0.938. The molecule has 1 fully saturated rings. The first-order valence-corrected chi connectivity index (χ1v) is 10.6. The van der Waals surface area contributed by atoms with Gasteiger partial charge in [-0.05, 0) is 66.9 Å². The molecule has 5 nitrogen and oxygen atoms in total. The number of phenolic OH excluding ortho intramolecular Hbond substituents is 1. The number of aliphatic hydroxyl groups excluding tert-OH is 1. The molecule has 3 aromatic carbocycles. The van der Waals surface area contributed by atoms with Crippen molar-refractivity contribution in [3.8, 4) is 5.75 Å². The molecule has 2 N–H and O–H groups in total. The van der Waals surface area contributed by atoms with Crippen molar-refractivity contribution in [3.05, 3.63) is 98.5 Å². The van der Waals surface area contributed by atoms with E-state index >= 15 is 0 Å². The second kappa shape index (κ2) is 8.34. The first kappa shape index (κ1) is 21.9. The third-order valence-corrected chi connectivity index (χ3v) is 6.00. The van der Waals surface area contributed by atoms with Crippen LogP contribution in [-0.2, 0) is 9.59 Å². The minimum Gasteiger partial charge on any atom is -0.508 e. The average molecular weight is 468 g/mol. The number of hydrogen-bond donors (Lipinski definition) is 2. The van der Waals surface area contributed by atoms with Crippen LogP contribution in [0.4, 0.5) is 5.69 Å². The van der Waals surface area contributed by atoms with Crippen molar-refractivity contribution >= 4 is 46.3 Å². The molecule has 0 aromatic heterocycles. The van der Waals surface area contributed by atoms with Gasteiger partial charge in [0.05, 0.1) is 11.6 Å². The molecule has 1 atom stereocenters. The van der Waals surface area contributed by atoms with Crippen LogP contribution in [0.15, 0.2) is 66.2 Å². The number of hydrogen-bond acceptors (Lipinski definition) is 4. The molecule has 0 spiro atoms. The molecular weight excluding hydrogens is 449 g/mol. The molecule has 0 aliphatic carbocycles. The molecule has 1 saturated heterocycles. The largest absolute Gasteiger partial charge is 0.508 e. The summed E-state index contributed by atoms with van der Waals surface area (Å²) in [4.78, 5) is 27.6. The molecule has 7 heteroatoms. The summed E-state index contributed by atoms with van der Waals surface area (Å²) in [6.45, 7) is 3.84. The van der Waals surface area contributed by atoms with Crippen LogP contribution in [0.5, 0.6) is 5.75 Å². The number of carbonyl (C=O) groups is 2. The Balaban J connectivity index is 1.97. The van der Waals surface area contributed by atoms with Crippen LogP contribution in [0, 0.1) is 13.8 Å². The zero-order valence-corrected chi connectivity index (χ0v) is 18.8. The van der Waals surface area contributed by atoms with Gasteiger partial charge in [-0.3, -0.25) is 14.5 Å². The number of halogens is 2. The summed E-state index contributed by atoms with van der Waals surface area (Å²) >= 11 is 12.3. The summed E-state index contributed by atoms with van der Waals surface area (Å²) in [5, 5.41) is 21.5. The molecule has 3 aromatic rings. The number of carbonyl (C=O) groups excluding carboxylic acids is 2. The van der Waals surface area contributed by atoms with Crippen molar-refractivity contribution in [2.45, 2.75) is 19.9 Å². The molecule has 0 saturated carbocycles. The molecule has 0 radical (unpaired) electrons. The highest BCUT2D eigenvalue weighted by molar-refractivity contribution is 6.52. The Morgan fingerprint density at radius 3 is 2.09 bits per heavy atom. The molecule has 4 rings (SSSR count). The van der Waals surface area contributed by atoms with E-state index in [1.165, 1.54) is 35.2 Å². The van der Waals surface area contributed by atoms with Crippen LogP contribution < -0.4 is 4.90 Å². The number of aliphatic hydroxyl groups is 1. The fourth-order valence-electron chi connectivity index (χ4n) is 3.79. The third-order valence-electron chi connectivity index (χ3n) is 5.56. The second-order valence-electron chi connectivity index (χ2n) is 7.69. The van der Waals surface area contributed by atoms with E-state index in [1.807, 2.05) is 19.9 Å². The van der Waals surface area contributed by atoms with Crippen LogP contribution in [0.1, 0.15) is 28.3 Å². The topological polar surface area (TPSA) is 77.8 Å². The van der Waals surface area contributed by atoms with Gasteiger partial charge in [0.2, 0.25) is 0 Å². The van der Waals surface area contributed by atoms with E-state index in [-0.39, 0.29) is 17.1 Å². The van der Waals surface area contributed by atoms with Crippen LogP contribution in [0.2, 0.25) is 10.0 Å². The number of aryl methyl sites for hydroxylation is 2. The molecule has 1 amide bonds.